The molecule has 2 aromatic carbocycles. The minimum absolute atomic E-state index is 0.123. The first kappa shape index (κ1) is 17.2. The molecule has 0 bridgehead atoms. The standard InChI is InChI=1S/C19H15N3O4S/c1-26-14-7-5-11-6-8-16-17(15(11)10-14)20-19(27-16)21-18(23)12-3-2-4-13(9-12)22(24)25/h2-5,7,9-10H,6,8H2,1H3,(H,20,21,23). The molecule has 0 unspecified atom stereocenters. The summed E-state index contributed by atoms with van der Waals surface area (Å²) in [6.45, 7) is 0. The lowest BCUT2D eigenvalue weighted by atomic mass is 9.93. The Hall–Kier alpha value is -3.26. The molecule has 27 heavy (non-hydrogen) atoms. The molecule has 0 radical (unpaired) electrons. The molecule has 3 aromatic rings. The number of ether oxygens (including phenoxy) is 1. The molecular weight excluding hydrogens is 366 g/mol. The van der Waals surface area contributed by atoms with Gasteiger partial charge in [-0.2, -0.15) is 0 Å². The average Bonchev–Trinajstić information content (AvgIpc) is 3.10. The van der Waals surface area contributed by atoms with E-state index in [0.29, 0.717) is 5.13 Å². The van der Waals surface area contributed by atoms with E-state index in [1.54, 1.807) is 7.11 Å². The lowest BCUT2D eigenvalue weighted by Crippen LogP contribution is -2.11. The van der Waals surface area contributed by atoms with Crippen LogP contribution in [0.15, 0.2) is 42.5 Å². The molecule has 4 rings (SSSR count). The largest absolute Gasteiger partial charge is 0.497 e. The minimum Gasteiger partial charge on any atom is -0.497 e. The van der Waals surface area contributed by atoms with E-state index in [1.165, 1.54) is 41.2 Å². The summed E-state index contributed by atoms with van der Waals surface area (Å²) in [4.78, 5) is 28.5. The van der Waals surface area contributed by atoms with Gasteiger partial charge in [0.05, 0.1) is 17.7 Å². The van der Waals surface area contributed by atoms with Crippen molar-refractivity contribution in [3.05, 3.63) is 68.6 Å². The van der Waals surface area contributed by atoms with Crippen molar-refractivity contribution < 1.29 is 14.5 Å². The Bertz CT molecular complexity index is 1060. The lowest BCUT2D eigenvalue weighted by Gasteiger charge is -2.15. The third kappa shape index (κ3) is 3.26. The van der Waals surface area contributed by atoms with Crippen LogP contribution in [0.1, 0.15) is 20.8 Å². The summed E-state index contributed by atoms with van der Waals surface area (Å²) in [7, 11) is 1.62. The van der Waals surface area contributed by atoms with Crippen LogP contribution in [0.3, 0.4) is 0 Å². The molecule has 1 aliphatic carbocycles. The van der Waals surface area contributed by atoms with Crippen LogP contribution in [0.25, 0.3) is 11.3 Å². The number of nitro benzene ring substituents is 1. The van der Waals surface area contributed by atoms with Crippen molar-refractivity contribution in [1.29, 1.82) is 0 Å². The van der Waals surface area contributed by atoms with Crippen molar-refractivity contribution in [3.63, 3.8) is 0 Å². The SMILES string of the molecule is COc1ccc2c(c1)-c1nc(NC(=O)c3cccc([N+](=O)[O-])c3)sc1CC2. The zero-order valence-corrected chi connectivity index (χ0v) is 15.2. The van der Waals surface area contributed by atoms with Gasteiger partial charge in [-0.3, -0.25) is 20.2 Å². The smallest absolute Gasteiger partial charge is 0.270 e. The Labute approximate surface area is 158 Å². The van der Waals surface area contributed by atoms with Gasteiger partial charge >= 0.3 is 0 Å². The van der Waals surface area contributed by atoms with Crippen molar-refractivity contribution in [3.8, 4) is 17.0 Å². The fraction of sp³-hybridized carbons (Fsp3) is 0.158. The summed E-state index contributed by atoms with van der Waals surface area (Å²) >= 11 is 1.43. The number of aryl methyl sites for hydroxylation is 2. The second-order valence-electron chi connectivity index (χ2n) is 6.08. The number of hydrogen-bond acceptors (Lipinski definition) is 6. The molecule has 0 aliphatic heterocycles. The summed E-state index contributed by atoms with van der Waals surface area (Å²) in [5, 5.41) is 14.1. The van der Waals surface area contributed by atoms with Crippen molar-refractivity contribution in [2.24, 2.45) is 0 Å². The van der Waals surface area contributed by atoms with Gasteiger partial charge in [0.1, 0.15) is 5.75 Å². The van der Waals surface area contributed by atoms with E-state index in [9.17, 15) is 14.9 Å². The maximum absolute atomic E-state index is 12.5. The Morgan fingerprint density at radius 1 is 1.26 bits per heavy atom. The number of anilines is 1. The van der Waals surface area contributed by atoms with Crippen LogP contribution in [-0.2, 0) is 12.8 Å². The van der Waals surface area contributed by atoms with E-state index in [2.05, 4.69) is 10.3 Å². The number of nitro groups is 1. The molecular formula is C19H15N3O4S. The molecule has 0 spiro atoms. The number of hydrogen-bond donors (Lipinski definition) is 1. The molecule has 7 nitrogen and oxygen atoms in total. The second kappa shape index (κ2) is 6.81. The number of aromatic nitrogens is 1. The fourth-order valence-electron chi connectivity index (χ4n) is 3.08. The quantitative estimate of drug-likeness (QED) is 0.543. The average molecular weight is 381 g/mol. The normalized spacial score (nSPS) is 12.0. The molecule has 1 N–H and O–H groups in total. The number of benzene rings is 2. The van der Waals surface area contributed by atoms with Gasteiger partial charge in [-0.1, -0.05) is 12.1 Å². The Kier molecular flexibility index (Phi) is 4.33. The molecule has 0 atom stereocenters. The molecule has 0 saturated carbocycles. The first-order valence-electron chi connectivity index (χ1n) is 8.28. The second-order valence-corrected chi connectivity index (χ2v) is 7.16. The number of fused-ring (bicyclic) bond motifs is 3. The number of methoxy groups -OCH3 is 1. The van der Waals surface area contributed by atoms with Crippen LogP contribution in [0, 0.1) is 10.1 Å². The summed E-state index contributed by atoms with van der Waals surface area (Å²) in [5.41, 5.74) is 3.17. The van der Waals surface area contributed by atoms with Crippen LogP contribution in [0.2, 0.25) is 0 Å². The van der Waals surface area contributed by atoms with Crippen molar-refractivity contribution in [2.45, 2.75) is 12.8 Å². The van der Waals surface area contributed by atoms with Gasteiger partial charge in [0, 0.05) is 28.1 Å². The number of nitrogens with one attached hydrogen (secondary N) is 1. The van der Waals surface area contributed by atoms with E-state index in [1.807, 2.05) is 18.2 Å². The predicted molar refractivity (Wildman–Crippen MR) is 103 cm³/mol. The summed E-state index contributed by atoms with van der Waals surface area (Å²) in [6, 6.07) is 11.6. The molecule has 8 heteroatoms. The van der Waals surface area contributed by atoms with Crippen LogP contribution in [0.5, 0.6) is 5.75 Å². The Morgan fingerprint density at radius 2 is 2.11 bits per heavy atom. The zero-order valence-electron chi connectivity index (χ0n) is 14.4. The van der Waals surface area contributed by atoms with Gasteiger partial charge in [-0.15, -0.1) is 11.3 Å². The predicted octanol–water partition coefficient (Wildman–Crippen LogP) is 4.08. The van der Waals surface area contributed by atoms with Gasteiger partial charge in [-0.25, -0.2) is 4.98 Å². The summed E-state index contributed by atoms with van der Waals surface area (Å²) in [6.07, 6.45) is 1.77. The number of nitrogens with zero attached hydrogens (tertiary/aromatic N) is 2. The monoisotopic (exact) mass is 381 g/mol. The molecule has 1 amide bonds. The minimum atomic E-state index is -0.525. The van der Waals surface area contributed by atoms with E-state index in [4.69, 9.17) is 4.74 Å². The van der Waals surface area contributed by atoms with Crippen LogP contribution < -0.4 is 10.1 Å². The highest BCUT2D eigenvalue weighted by Gasteiger charge is 2.22. The number of carbonyl (C=O) groups excluding carboxylic acids is 1. The fourth-order valence-corrected chi connectivity index (χ4v) is 4.05. The highest BCUT2D eigenvalue weighted by Crippen LogP contribution is 2.39. The third-order valence-electron chi connectivity index (χ3n) is 4.43. The van der Waals surface area contributed by atoms with Crippen molar-refractivity contribution in [2.75, 3.05) is 12.4 Å². The highest BCUT2D eigenvalue weighted by molar-refractivity contribution is 7.16. The van der Waals surface area contributed by atoms with Gasteiger partial charge in [-0.05, 0) is 36.6 Å². The third-order valence-corrected chi connectivity index (χ3v) is 5.46. The Balaban J connectivity index is 1.62. The first-order valence-corrected chi connectivity index (χ1v) is 9.09. The van der Waals surface area contributed by atoms with Crippen LogP contribution in [0.4, 0.5) is 10.8 Å². The topological polar surface area (TPSA) is 94.4 Å². The van der Waals surface area contributed by atoms with Gasteiger partial charge in [0.15, 0.2) is 5.13 Å². The number of carbonyl (C=O) groups is 1. The lowest BCUT2D eigenvalue weighted by molar-refractivity contribution is -0.384. The van der Waals surface area contributed by atoms with E-state index >= 15 is 0 Å². The summed E-state index contributed by atoms with van der Waals surface area (Å²) < 4.78 is 5.31. The van der Waals surface area contributed by atoms with E-state index in [-0.39, 0.29) is 11.3 Å². The first-order chi connectivity index (χ1) is 13.0. The van der Waals surface area contributed by atoms with E-state index < -0.39 is 10.8 Å². The summed E-state index contributed by atoms with van der Waals surface area (Å²) in [5.74, 6) is 0.340. The maximum atomic E-state index is 12.5. The Morgan fingerprint density at radius 3 is 2.89 bits per heavy atom. The van der Waals surface area contributed by atoms with E-state index in [0.717, 1.165) is 34.7 Å². The van der Waals surface area contributed by atoms with Gasteiger partial charge in [0.2, 0.25) is 0 Å². The molecule has 136 valence electrons. The van der Waals surface area contributed by atoms with Gasteiger partial charge in [0.25, 0.3) is 11.6 Å². The molecule has 1 heterocycles. The molecule has 1 aromatic heterocycles. The number of amides is 1. The number of thiazole rings is 1. The van der Waals surface area contributed by atoms with Crippen molar-refractivity contribution in [1.82, 2.24) is 4.98 Å². The maximum Gasteiger partial charge on any atom is 0.270 e. The number of rotatable bonds is 4. The molecule has 1 aliphatic rings. The van der Waals surface area contributed by atoms with Crippen LogP contribution >= 0.6 is 11.3 Å². The van der Waals surface area contributed by atoms with Gasteiger partial charge < -0.3 is 4.74 Å². The highest BCUT2D eigenvalue weighted by atomic mass is 32.1. The van der Waals surface area contributed by atoms with Crippen LogP contribution in [-0.4, -0.2) is 22.9 Å². The van der Waals surface area contributed by atoms with Crippen molar-refractivity contribution >= 4 is 28.1 Å². The molecule has 0 saturated heterocycles. The molecule has 0 fully saturated rings. The number of non-ortho nitro benzene ring substituents is 1. The zero-order chi connectivity index (χ0) is 19.0.